The van der Waals surface area contributed by atoms with Gasteiger partial charge in [0.2, 0.25) is 5.91 Å². The molecule has 5 heteroatoms. The Labute approximate surface area is 153 Å². The number of carbonyl (C=O) groups is 1. The first-order valence-electron chi connectivity index (χ1n) is 8.83. The summed E-state index contributed by atoms with van der Waals surface area (Å²) in [5, 5.41) is 5.13. The quantitative estimate of drug-likeness (QED) is 0.814. The highest BCUT2D eigenvalue weighted by molar-refractivity contribution is 7.09. The zero-order chi connectivity index (χ0) is 17.6. The highest BCUT2D eigenvalue weighted by Gasteiger charge is 2.21. The second-order valence-electron chi connectivity index (χ2n) is 6.75. The molecular weight excluding hydrogens is 332 g/mol. The van der Waals surface area contributed by atoms with Crippen molar-refractivity contribution in [2.24, 2.45) is 0 Å². The van der Waals surface area contributed by atoms with Gasteiger partial charge in [0.15, 0.2) is 0 Å². The number of hydrogen-bond donors (Lipinski definition) is 1. The molecule has 134 valence electrons. The van der Waals surface area contributed by atoms with Gasteiger partial charge in [0, 0.05) is 30.3 Å². The van der Waals surface area contributed by atoms with Crippen LogP contribution in [0.25, 0.3) is 0 Å². The molecule has 0 saturated carbocycles. The molecule has 1 aromatic heterocycles. The van der Waals surface area contributed by atoms with Crippen LogP contribution < -0.4 is 5.32 Å². The molecular formula is C20H26N2O2S. The molecule has 25 heavy (non-hydrogen) atoms. The number of benzene rings is 1. The third kappa shape index (κ3) is 5.39. The first-order chi connectivity index (χ1) is 12.1. The van der Waals surface area contributed by atoms with Gasteiger partial charge in [-0.1, -0.05) is 23.8 Å². The van der Waals surface area contributed by atoms with Crippen molar-refractivity contribution in [1.29, 1.82) is 0 Å². The predicted octanol–water partition coefficient (Wildman–Crippen LogP) is 3.98. The van der Waals surface area contributed by atoms with Gasteiger partial charge >= 0.3 is 0 Å². The Morgan fingerprint density at radius 2 is 2.24 bits per heavy atom. The minimum atomic E-state index is 0.0292. The standard InChI is InChI=1S/C20H26N2O2S/c1-15-7-8-19(16(2)11-15)21-20(23)14-22(12-17-5-3-9-24-17)13-18-6-4-10-25-18/h4,6-8,10-11,17H,3,5,9,12-14H2,1-2H3,(H,21,23)/t17-/m0/s1. The van der Waals surface area contributed by atoms with Crippen molar-refractivity contribution >= 4 is 22.9 Å². The number of ether oxygens (including phenoxy) is 1. The topological polar surface area (TPSA) is 41.6 Å². The fourth-order valence-electron chi connectivity index (χ4n) is 3.23. The summed E-state index contributed by atoms with van der Waals surface area (Å²) in [6.45, 7) is 6.90. The maximum atomic E-state index is 12.6. The Kier molecular flexibility index (Phi) is 6.24. The number of carbonyl (C=O) groups excluding carboxylic acids is 1. The van der Waals surface area contributed by atoms with Crippen LogP contribution in [0.2, 0.25) is 0 Å². The predicted molar refractivity (Wildman–Crippen MR) is 103 cm³/mol. The normalized spacial score (nSPS) is 17.2. The van der Waals surface area contributed by atoms with E-state index in [1.54, 1.807) is 11.3 Å². The van der Waals surface area contributed by atoms with Crippen LogP contribution in [0.3, 0.4) is 0 Å². The smallest absolute Gasteiger partial charge is 0.238 e. The Morgan fingerprint density at radius 3 is 2.92 bits per heavy atom. The molecule has 1 N–H and O–H groups in total. The minimum Gasteiger partial charge on any atom is -0.377 e. The van der Waals surface area contributed by atoms with Crippen molar-refractivity contribution in [2.75, 3.05) is 25.0 Å². The summed E-state index contributed by atoms with van der Waals surface area (Å²) in [6, 6.07) is 10.3. The van der Waals surface area contributed by atoms with E-state index in [4.69, 9.17) is 4.74 Å². The third-order valence-corrected chi connectivity index (χ3v) is 5.33. The summed E-state index contributed by atoms with van der Waals surface area (Å²) >= 11 is 1.73. The molecule has 1 aliphatic rings. The van der Waals surface area contributed by atoms with Crippen LogP contribution in [-0.4, -0.2) is 36.6 Å². The number of nitrogens with zero attached hydrogens (tertiary/aromatic N) is 1. The molecule has 0 spiro atoms. The van der Waals surface area contributed by atoms with Crippen LogP contribution in [0.15, 0.2) is 35.7 Å². The van der Waals surface area contributed by atoms with Crippen molar-refractivity contribution in [3.63, 3.8) is 0 Å². The number of anilines is 1. The third-order valence-electron chi connectivity index (χ3n) is 4.47. The average molecular weight is 359 g/mol. The lowest BCUT2D eigenvalue weighted by Crippen LogP contribution is -2.37. The van der Waals surface area contributed by atoms with E-state index in [1.807, 2.05) is 19.1 Å². The first-order valence-corrected chi connectivity index (χ1v) is 9.71. The van der Waals surface area contributed by atoms with Gasteiger partial charge in [0.25, 0.3) is 0 Å². The number of amides is 1. The monoisotopic (exact) mass is 358 g/mol. The highest BCUT2D eigenvalue weighted by atomic mass is 32.1. The molecule has 0 bridgehead atoms. The summed E-state index contributed by atoms with van der Waals surface area (Å²) in [5.41, 5.74) is 3.19. The second kappa shape index (κ2) is 8.61. The lowest BCUT2D eigenvalue weighted by atomic mass is 10.1. The Balaban J connectivity index is 1.62. The van der Waals surface area contributed by atoms with Crippen LogP contribution in [0, 0.1) is 13.8 Å². The van der Waals surface area contributed by atoms with E-state index in [9.17, 15) is 4.79 Å². The van der Waals surface area contributed by atoms with Crippen molar-refractivity contribution in [3.8, 4) is 0 Å². The van der Waals surface area contributed by atoms with E-state index in [1.165, 1.54) is 10.4 Å². The fraction of sp³-hybridized carbons (Fsp3) is 0.450. The molecule has 4 nitrogen and oxygen atoms in total. The van der Waals surface area contributed by atoms with Crippen molar-refractivity contribution in [2.45, 2.75) is 39.3 Å². The first kappa shape index (κ1) is 18.1. The molecule has 0 aliphatic carbocycles. The number of thiophene rings is 1. The summed E-state index contributed by atoms with van der Waals surface area (Å²) in [6.07, 6.45) is 2.44. The van der Waals surface area contributed by atoms with Gasteiger partial charge < -0.3 is 10.1 Å². The zero-order valence-corrected chi connectivity index (χ0v) is 15.8. The van der Waals surface area contributed by atoms with Gasteiger partial charge in [-0.3, -0.25) is 9.69 Å². The molecule has 0 unspecified atom stereocenters. The molecule has 1 fully saturated rings. The summed E-state index contributed by atoms with van der Waals surface area (Å²) in [4.78, 5) is 16.0. The van der Waals surface area contributed by atoms with Gasteiger partial charge in [0.05, 0.1) is 12.6 Å². The Bertz CT molecular complexity index is 694. The maximum Gasteiger partial charge on any atom is 0.238 e. The molecule has 1 amide bonds. The highest BCUT2D eigenvalue weighted by Crippen LogP contribution is 2.19. The van der Waals surface area contributed by atoms with Gasteiger partial charge in [-0.25, -0.2) is 0 Å². The summed E-state index contributed by atoms with van der Waals surface area (Å²) in [7, 11) is 0. The SMILES string of the molecule is Cc1ccc(NC(=O)CN(Cc2cccs2)C[C@@H]2CCCO2)c(C)c1. The van der Waals surface area contributed by atoms with E-state index in [-0.39, 0.29) is 12.0 Å². The minimum absolute atomic E-state index is 0.0292. The van der Waals surface area contributed by atoms with E-state index in [0.29, 0.717) is 6.54 Å². The zero-order valence-electron chi connectivity index (χ0n) is 15.0. The van der Waals surface area contributed by atoms with E-state index >= 15 is 0 Å². The van der Waals surface area contributed by atoms with Crippen molar-refractivity contribution in [1.82, 2.24) is 4.90 Å². The van der Waals surface area contributed by atoms with Gasteiger partial charge in [-0.15, -0.1) is 11.3 Å². The number of hydrogen-bond acceptors (Lipinski definition) is 4. The molecule has 1 atom stereocenters. The van der Waals surface area contributed by atoms with Crippen LogP contribution >= 0.6 is 11.3 Å². The number of aryl methyl sites for hydroxylation is 2. The number of nitrogens with one attached hydrogen (secondary N) is 1. The average Bonchev–Trinajstić information content (AvgIpc) is 3.24. The molecule has 1 aliphatic heterocycles. The van der Waals surface area contributed by atoms with Crippen LogP contribution in [0.5, 0.6) is 0 Å². The lowest BCUT2D eigenvalue weighted by Gasteiger charge is -2.24. The van der Waals surface area contributed by atoms with E-state index in [0.717, 1.165) is 43.8 Å². The lowest BCUT2D eigenvalue weighted by molar-refractivity contribution is -0.117. The van der Waals surface area contributed by atoms with E-state index in [2.05, 4.69) is 40.7 Å². The maximum absolute atomic E-state index is 12.6. The van der Waals surface area contributed by atoms with Gasteiger partial charge in [-0.2, -0.15) is 0 Å². The van der Waals surface area contributed by atoms with E-state index < -0.39 is 0 Å². The Morgan fingerprint density at radius 1 is 1.36 bits per heavy atom. The van der Waals surface area contributed by atoms with Crippen molar-refractivity contribution < 1.29 is 9.53 Å². The Hall–Kier alpha value is -1.69. The molecule has 2 aromatic rings. The van der Waals surface area contributed by atoms with Gasteiger partial charge in [0.1, 0.15) is 0 Å². The molecule has 3 rings (SSSR count). The molecule has 1 aromatic carbocycles. The number of rotatable bonds is 7. The van der Waals surface area contributed by atoms with Crippen LogP contribution in [0.4, 0.5) is 5.69 Å². The fourth-order valence-corrected chi connectivity index (χ4v) is 3.98. The van der Waals surface area contributed by atoms with Crippen molar-refractivity contribution in [3.05, 3.63) is 51.7 Å². The largest absolute Gasteiger partial charge is 0.377 e. The molecule has 2 heterocycles. The van der Waals surface area contributed by atoms with Crippen LogP contribution in [0.1, 0.15) is 28.8 Å². The van der Waals surface area contributed by atoms with Gasteiger partial charge in [-0.05, 0) is 49.8 Å². The second-order valence-corrected chi connectivity index (χ2v) is 7.78. The summed E-state index contributed by atoms with van der Waals surface area (Å²) < 4.78 is 5.76. The molecule has 1 saturated heterocycles. The molecule has 0 radical (unpaired) electrons. The van der Waals surface area contributed by atoms with Crippen LogP contribution in [-0.2, 0) is 16.1 Å². The summed E-state index contributed by atoms with van der Waals surface area (Å²) in [5.74, 6) is 0.0292.